The van der Waals surface area contributed by atoms with Gasteiger partial charge in [0.1, 0.15) is 22.9 Å². The first-order valence-electron chi connectivity index (χ1n) is 5.27. The first-order chi connectivity index (χ1) is 8.65. The Morgan fingerprint density at radius 3 is 2.33 bits per heavy atom. The van der Waals surface area contributed by atoms with E-state index in [1.807, 2.05) is 0 Å². The number of hydrogen-bond acceptors (Lipinski definition) is 2. The normalized spacial score (nSPS) is 10.2. The van der Waals surface area contributed by atoms with Crippen LogP contribution in [0.3, 0.4) is 0 Å². The fourth-order valence-electron chi connectivity index (χ4n) is 1.67. The van der Waals surface area contributed by atoms with Crippen LogP contribution in [0.15, 0.2) is 42.5 Å². The van der Waals surface area contributed by atoms with E-state index < -0.39 is 17.4 Å². The average Bonchev–Trinajstić information content (AvgIpc) is 2.38. The van der Waals surface area contributed by atoms with Gasteiger partial charge in [-0.3, -0.25) is 4.79 Å². The minimum absolute atomic E-state index is 0.0863. The maximum Gasteiger partial charge on any atom is 0.202 e. The van der Waals surface area contributed by atoms with Crippen molar-refractivity contribution in [2.75, 3.05) is 7.11 Å². The summed E-state index contributed by atoms with van der Waals surface area (Å²) in [5, 5.41) is 0. The molecule has 0 fully saturated rings. The number of ketones is 1. The van der Waals surface area contributed by atoms with Gasteiger partial charge in [0.15, 0.2) is 0 Å². The Balaban J connectivity index is 2.56. The van der Waals surface area contributed by atoms with Crippen LogP contribution in [-0.2, 0) is 0 Å². The van der Waals surface area contributed by atoms with E-state index in [0.29, 0.717) is 0 Å². The van der Waals surface area contributed by atoms with Crippen molar-refractivity contribution in [3.05, 3.63) is 65.2 Å². The number of methoxy groups -OCH3 is 1. The molecule has 0 N–H and O–H groups in total. The van der Waals surface area contributed by atoms with Crippen LogP contribution in [0.2, 0.25) is 0 Å². The summed E-state index contributed by atoms with van der Waals surface area (Å²) in [6.45, 7) is 0. The van der Waals surface area contributed by atoms with E-state index in [1.165, 1.54) is 37.4 Å². The molecular formula is C14H10F2O2. The smallest absolute Gasteiger partial charge is 0.202 e. The Bertz CT molecular complexity index is 594. The summed E-state index contributed by atoms with van der Waals surface area (Å²) in [5.74, 6) is -2.07. The number of ether oxygens (including phenoxy) is 1. The lowest BCUT2D eigenvalue weighted by Gasteiger charge is -2.08. The van der Waals surface area contributed by atoms with Crippen LogP contribution in [0.4, 0.5) is 8.78 Å². The molecule has 0 aliphatic carbocycles. The zero-order chi connectivity index (χ0) is 13.1. The third kappa shape index (κ3) is 2.09. The number of hydrogen-bond donors (Lipinski definition) is 0. The molecule has 0 aromatic heterocycles. The molecule has 0 saturated heterocycles. The van der Waals surface area contributed by atoms with Gasteiger partial charge in [-0.05, 0) is 24.3 Å². The molecule has 0 radical (unpaired) electrons. The van der Waals surface area contributed by atoms with Gasteiger partial charge < -0.3 is 4.74 Å². The Hall–Kier alpha value is -2.23. The maximum absolute atomic E-state index is 13.7. The van der Waals surface area contributed by atoms with Crippen LogP contribution >= 0.6 is 0 Å². The Kier molecular flexibility index (Phi) is 3.37. The van der Waals surface area contributed by atoms with E-state index in [1.54, 1.807) is 0 Å². The van der Waals surface area contributed by atoms with Gasteiger partial charge >= 0.3 is 0 Å². The molecule has 92 valence electrons. The van der Waals surface area contributed by atoms with Crippen molar-refractivity contribution in [1.82, 2.24) is 0 Å². The molecule has 18 heavy (non-hydrogen) atoms. The SMILES string of the molecule is COc1cccc(F)c1C(=O)c1ccccc1F. The number of halogens is 2. The molecule has 2 aromatic carbocycles. The molecule has 0 amide bonds. The summed E-state index contributed by atoms with van der Waals surface area (Å²) in [4.78, 5) is 12.1. The molecule has 0 aliphatic heterocycles. The molecule has 2 aromatic rings. The van der Waals surface area contributed by atoms with Crippen molar-refractivity contribution in [3.8, 4) is 5.75 Å². The van der Waals surface area contributed by atoms with Crippen LogP contribution in [-0.4, -0.2) is 12.9 Å². The van der Waals surface area contributed by atoms with E-state index in [0.717, 1.165) is 12.1 Å². The van der Waals surface area contributed by atoms with Crippen molar-refractivity contribution >= 4 is 5.78 Å². The average molecular weight is 248 g/mol. The summed E-state index contributed by atoms with van der Waals surface area (Å²) >= 11 is 0. The fraction of sp³-hybridized carbons (Fsp3) is 0.0714. The highest BCUT2D eigenvalue weighted by Gasteiger charge is 2.21. The topological polar surface area (TPSA) is 26.3 Å². The van der Waals surface area contributed by atoms with Gasteiger partial charge in [-0.1, -0.05) is 18.2 Å². The van der Waals surface area contributed by atoms with Crippen molar-refractivity contribution < 1.29 is 18.3 Å². The summed E-state index contributed by atoms with van der Waals surface area (Å²) in [7, 11) is 1.33. The van der Waals surface area contributed by atoms with Crippen LogP contribution < -0.4 is 4.74 Å². The second-order valence-electron chi connectivity index (χ2n) is 3.63. The minimum atomic E-state index is -0.734. The number of carbonyl (C=O) groups is 1. The zero-order valence-electron chi connectivity index (χ0n) is 9.61. The van der Waals surface area contributed by atoms with Crippen LogP contribution in [0.1, 0.15) is 15.9 Å². The Morgan fingerprint density at radius 2 is 1.67 bits per heavy atom. The monoisotopic (exact) mass is 248 g/mol. The minimum Gasteiger partial charge on any atom is -0.496 e. The molecule has 0 spiro atoms. The standard InChI is InChI=1S/C14H10F2O2/c1-18-12-8-4-7-11(16)13(12)14(17)9-5-2-3-6-10(9)15/h2-8H,1H3. The Morgan fingerprint density at radius 1 is 1.00 bits per heavy atom. The summed E-state index contributed by atoms with van der Waals surface area (Å²) in [6.07, 6.45) is 0. The highest BCUT2D eigenvalue weighted by molar-refractivity contribution is 6.11. The molecule has 0 heterocycles. The van der Waals surface area contributed by atoms with Gasteiger partial charge in [-0.15, -0.1) is 0 Å². The molecule has 2 nitrogen and oxygen atoms in total. The van der Waals surface area contributed by atoms with E-state index in [9.17, 15) is 13.6 Å². The molecule has 0 bridgehead atoms. The highest BCUT2D eigenvalue weighted by Crippen LogP contribution is 2.25. The second-order valence-corrected chi connectivity index (χ2v) is 3.63. The lowest BCUT2D eigenvalue weighted by atomic mass is 10.0. The van der Waals surface area contributed by atoms with Crippen molar-refractivity contribution in [2.24, 2.45) is 0 Å². The number of rotatable bonds is 3. The molecule has 0 saturated carbocycles. The number of benzene rings is 2. The van der Waals surface area contributed by atoms with Gasteiger partial charge in [0.25, 0.3) is 0 Å². The predicted molar refractivity (Wildman–Crippen MR) is 62.8 cm³/mol. The van der Waals surface area contributed by atoms with Crippen molar-refractivity contribution in [1.29, 1.82) is 0 Å². The van der Waals surface area contributed by atoms with Gasteiger partial charge in [-0.25, -0.2) is 8.78 Å². The van der Waals surface area contributed by atoms with Gasteiger partial charge in [-0.2, -0.15) is 0 Å². The molecular weight excluding hydrogens is 238 g/mol. The number of carbonyl (C=O) groups excluding carboxylic acids is 1. The van der Waals surface area contributed by atoms with Gasteiger partial charge in [0.2, 0.25) is 5.78 Å². The maximum atomic E-state index is 13.7. The van der Waals surface area contributed by atoms with E-state index in [-0.39, 0.29) is 16.9 Å². The van der Waals surface area contributed by atoms with Crippen LogP contribution in [0, 0.1) is 11.6 Å². The molecule has 0 unspecified atom stereocenters. The molecule has 2 rings (SSSR count). The first kappa shape index (κ1) is 12.2. The van der Waals surface area contributed by atoms with Crippen molar-refractivity contribution in [3.63, 3.8) is 0 Å². The largest absolute Gasteiger partial charge is 0.496 e. The third-order valence-electron chi connectivity index (χ3n) is 2.54. The lowest BCUT2D eigenvalue weighted by Crippen LogP contribution is -2.08. The van der Waals surface area contributed by atoms with Gasteiger partial charge in [0.05, 0.1) is 12.7 Å². The molecule has 0 atom stereocenters. The fourth-order valence-corrected chi connectivity index (χ4v) is 1.67. The summed E-state index contributed by atoms with van der Waals surface area (Å²) in [6, 6.07) is 9.46. The summed E-state index contributed by atoms with van der Waals surface area (Å²) in [5.41, 5.74) is -0.439. The van der Waals surface area contributed by atoms with E-state index >= 15 is 0 Å². The quantitative estimate of drug-likeness (QED) is 0.780. The highest BCUT2D eigenvalue weighted by atomic mass is 19.1. The first-order valence-corrected chi connectivity index (χ1v) is 5.27. The third-order valence-corrected chi connectivity index (χ3v) is 2.54. The zero-order valence-corrected chi connectivity index (χ0v) is 9.61. The predicted octanol–water partition coefficient (Wildman–Crippen LogP) is 3.20. The van der Waals surface area contributed by atoms with Crippen molar-refractivity contribution in [2.45, 2.75) is 0 Å². The van der Waals surface area contributed by atoms with Gasteiger partial charge in [0, 0.05) is 0 Å². The summed E-state index contributed by atoms with van der Waals surface area (Å²) < 4.78 is 32.1. The molecule has 4 heteroatoms. The second kappa shape index (κ2) is 4.96. The van der Waals surface area contributed by atoms with E-state index in [4.69, 9.17) is 4.74 Å². The lowest BCUT2D eigenvalue weighted by molar-refractivity contribution is 0.102. The Labute approximate surface area is 103 Å². The van der Waals surface area contributed by atoms with E-state index in [2.05, 4.69) is 0 Å². The molecule has 0 aliphatic rings. The van der Waals surface area contributed by atoms with Crippen LogP contribution in [0.25, 0.3) is 0 Å². The van der Waals surface area contributed by atoms with Crippen LogP contribution in [0.5, 0.6) is 5.75 Å².